The molecule has 0 spiro atoms. The number of hydrogen-bond acceptors (Lipinski definition) is 3. The lowest BCUT2D eigenvalue weighted by Crippen LogP contribution is -2.35. The van der Waals surface area contributed by atoms with E-state index in [0.717, 1.165) is 19.6 Å². The van der Waals surface area contributed by atoms with Gasteiger partial charge in [0.25, 0.3) is 0 Å². The van der Waals surface area contributed by atoms with Gasteiger partial charge in [-0.3, -0.25) is 4.79 Å². The van der Waals surface area contributed by atoms with Crippen molar-refractivity contribution >= 4 is 5.91 Å². The molecule has 1 fully saturated rings. The van der Waals surface area contributed by atoms with Crippen LogP contribution >= 0.6 is 0 Å². The average Bonchev–Trinajstić information content (AvgIpc) is 2.52. The Bertz CT molecular complexity index is 243. The number of hydrogen-bond donors (Lipinski definition) is 2. The predicted octanol–water partition coefficient (Wildman–Crippen LogP) is 1.22. The van der Waals surface area contributed by atoms with Crippen LogP contribution in [0.2, 0.25) is 0 Å². The molecule has 1 rings (SSSR count). The summed E-state index contributed by atoms with van der Waals surface area (Å²) in [7, 11) is 2.18. The van der Waals surface area contributed by atoms with E-state index in [1.165, 1.54) is 25.8 Å². The molecule has 1 unspecified atom stereocenters. The largest absolute Gasteiger partial charge is 0.356 e. The Hall–Kier alpha value is -0.610. The summed E-state index contributed by atoms with van der Waals surface area (Å²) in [5.74, 6) is 0.696. The van der Waals surface area contributed by atoms with E-state index in [0.29, 0.717) is 18.4 Å². The first-order valence-electron chi connectivity index (χ1n) is 7.26. The van der Waals surface area contributed by atoms with Crippen LogP contribution in [0.15, 0.2) is 0 Å². The van der Waals surface area contributed by atoms with Crippen LogP contribution in [-0.4, -0.2) is 50.1 Å². The van der Waals surface area contributed by atoms with Gasteiger partial charge in [0.15, 0.2) is 0 Å². The first-order valence-corrected chi connectivity index (χ1v) is 7.26. The summed E-state index contributed by atoms with van der Waals surface area (Å²) in [6.45, 7) is 8.18. The summed E-state index contributed by atoms with van der Waals surface area (Å²) in [4.78, 5) is 13.9. The lowest BCUT2D eigenvalue weighted by molar-refractivity contribution is -0.121. The van der Waals surface area contributed by atoms with Gasteiger partial charge in [-0.05, 0) is 45.3 Å². The Balaban J connectivity index is 2.07. The van der Waals surface area contributed by atoms with E-state index in [1.54, 1.807) is 0 Å². The second kappa shape index (κ2) is 8.48. The van der Waals surface area contributed by atoms with Crippen molar-refractivity contribution in [2.45, 2.75) is 45.6 Å². The maximum Gasteiger partial charge on any atom is 0.221 e. The van der Waals surface area contributed by atoms with Crippen LogP contribution in [-0.2, 0) is 4.79 Å². The number of nitrogens with one attached hydrogen (secondary N) is 2. The lowest BCUT2D eigenvalue weighted by Gasteiger charge is -2.16. The first kappa shape index (κ1) is 15.4. The molecule has 0 aromatic rings. The molecule has 18 heavy (non-hydrogen) atoms. The van der Waals surface area contributed by atoms with Crippen LogP contribution in [0.5, 0.6) is 0 Å². The highest BCUT2D eigenvalue weighted by atomic mass is 16.1. The molecule has 0 bridgehead atoms. The molecule has 1 amide bonds. The third kappa shape index (κ3) is 6.97. The zero-order valence-electron chi connectivity index (χ0n) is 12.2. The fraction of sp³-hybridized carbons (Fsp3) is 0.929. The van der Waals surface area contributed by atoms with Gasteiger partial charge in [0, 0.05) is 25.6 Å². The van der Waals surface area contributed by atoms with Crippen molar-refractivity contribution in [2.75, 3.05) is 33.2 Å². The highest BCUT2D eigenvalue weighted by Gasteiger charge is 2.14. The molecule has 1 aliphatic rings. The second-order valence-corrected chi connectivity index (χ2v) is 5.83. The van der Waals surface area contributed by atoms with Gasteiger partial charge in [0.05, 0.1) is 0 Å². The Morgan fingerprint density at radius 2 is 2.11 bits per heavy atom. The van der Waals surface area contributed by atoms with Gasteiger partial charge in [0.2, 0.25) is 5.91 Å². The molecule has 1 aliphatic heterocycles. The smallest absolute Gasteiger partial charge is 0.221 e. The molecule has 106 valence electrons. The van der Waals surface area contributed by atoms with Crippen LogP contribution in [0.25, 0.3) is 0 Å². The number of nitrogens with zero attached hydrogens (tertiary/aromatic N) is 1. The summed E-state index contributed by atoms with van der Waals surface area (Å²) in [5, 5.41) is 6.47. The lowest BCUT2D eigenvalue weighted by atomic mass is 10.1. The fourth-order valence-electron chi connectivity index (χ4n) is 2.24. The van der Waals surface area contributed by atoms with Crippen LogP contribution in [0.1, 0.15) is 39.5 Å². The van der Waals surface area contributed by atoms with Gasteiger partial charge in [-0.15, -0.1) is 0 Å². The summed E-state index contributed by atoms with van der Waals surface area (Å²) in [6, 6.07) is 0.591. The standard InChI is InChI=1S/C14H29N3O/c1-12(2)11-16-14(18)6-8-15-13-5-4-9-17(3)10-7-13/h12-13,15H,4-11H2,1-3H3,(H,16,18). The number of carbonyl (C=O) groups is 1. The summed E-state index contributed by atoms with van der Waals surface area (Å²) in [5.41, 5.74) is 0. The molecule has 4 nitrogen and oxygen atoms in total. The minimum absolute atomic E-state index is 0.168. The van der Waals surface area contributed by atoms with Gasteiger partial charge >= 0.3 is 0 Å². The number of likely N-dealkylation sites (tertiary alicyclic amines) is 1. The van der Waals surface area contributed by atoms with E-state index in [2.05, 4.69) is 36.4 Å². The second-order valence-electron chi connectivity index (χ2n) is 5.83. The zero-order chi connectivity index (χ0) is 13.4. The van der Waals surface area contributed by atoms with Crippen molar-refractivity contribution in [3.8, 4) is 0 Å². The van der Waals surface area contributed by atoms with Crippen LogP contribution < -0.4 is 10.6 Å². The van der Waals surface area contributed by atoms with Crippen molar-refractivity contribution in [1.29, 1.82) is 0 Å². The Kier molecular flexibility index (Phi) is 7.28. The molecule has 0 aliphatic carbocycles. The van der Waals surface area contributed by atoms with E-state index in [-0.39, 0.29) is 5.91 Å². The maximum atomic E-state index is 11.5. The topological polar surface area (TPSA) is 44.4 Å². The van der Waals surface area contributed by atoms with E-state index in [9.17, 15) is 4.79 Å². The van der Waals surface area contributed by atoms with Crippen LogP contribution in [0.4, 0.5) is 0 Å². The van der Waals surface area contributed by atoms with Crippen molar-refractivity contribution in [3.63, 3.8) is 0 Å². The third-order valence-electron chi connectivity index (χ3n) is 3.44. The number of amides is 1. The third-order valence-corrected chi connectivity index (χ3v) is 3.44. The maximum absolute atomic E-state index is 11.5. The van der Waals surface area contributed by atoms with Crippen molar-refractivity contribution in [1.82, 2.24) is 15.5 Å². The predicted molar refractivity (Wildman–Crippen MR) is 75.6 cm³/mol. The highest BCUT2D eigenvalue weighted by molar-refractivity contribution is 5.76. The van der Waals surface area contributed by atoms with Gasteiger partial charge < -0.3 is 15.5 Å². The van der Waals surface area contributed by atoms with Gasteiger partial charge in [-0.2, -0.15) is 0 Å². The fourth-order valence-corrected chi connectivity index (χ4v) is 2.24. The van der Waals surface area contributed by atoms with E-state index >= 15 is 0 Å². The molecular formula is C14H29N3O. The van der Waals surface area contributed by atoms with E-state index < -0.39 is 0 Å². The van der Waals surface area contributed by atoms with Crippen molar-refractivity contribution < 1.29 is 4.79 Å². The first-order chi connectivity index (χ1) is 8.58. The van der Waals surface area contributed by atoms with Crippen LogP contribution in [0.3, 0.4) is 0 Å². The van der Waals surface area contributed by atoms with E-state index in [1.807, 2.05) is 0 Å². The zero-order valence-corrected chi connectivity index (χ0v) is 12.2. The molecule has 1 atom stereocenters. The minimum atomic E-state index is 0.168. The van der Waals surface area contributed by atoms with Gasteiger partial charge in [-0.25, -0.2) is 0 Å². The van der Waals surface area contributed by atoms with Gasteiger partial charge in [0.1, 0.15) is 0 Å². The molecular weight excluding hydrogens is 226 g/mol. The molecule has 0 radical (unpaired) electrons. The average molecular weight is 255 g/mol. The summed E-state index contributed by atoms with van der Waals surface area (Å²) >= 11 is 0. The molecule has 4 heteroatoms. The molecule has 1 saturated heterocycles. The monoisotopic (exact) mass is 255 g/mol. The number of carbonyl (C=O) groups excluding carboxylic acids is 1. The quantitative estimate of drug-likeness (QED) is 0.750. The highest BCUT2D eigenvalue weighted by Crippen LogP contribution is 2.09. The van der Waals surface area contributed by atoms with E-state index in [4.69, 9.17) is 0 Å². The number of rotatable bonds is 6. The van der Waals surface area contributed by atoms with Crippen molar-refractivity contribution in [3.05, 3.63) is 0 Å². The minimum Gasteiger partial charge on any atom is -0.356 e. The molecule has 2 N–H and O–H groups in total. The Labute approximate surface area is 111 Å². The molecule has 0 aromatic heterocycles. The van der Waals surface area contributed by atoms with Crippen molar-refractivity contribution in [2.24, 2.45) is 5.92 Å². The molecule has 1 heterocycles. The summed E-state index contributed by atoms with van der Waals surface area (Å²) in [6.07, 6.45) is 4.29. The molecule has 0 aromatic carbocycles. The van der Waals surface area contributed by atoms with Gasteiger partial charge in [-0.1, -0.05) is 13.8 Å². The summed E-state index contributed by atoms with van der Waals surface area (Å²) < 4.78 is 0. The Morgan fingerprint density at radius 1 is 1.33 bits per heavy atom. The normalized spacial score (nSPS) is 21.9. The molecule has 0 saturated carbocycles. The Morgan fingerprint density at radius 3 is 2.83 bits per heavy atom. The van der Waals surface area contributed by atoms with Crippen LogP contribution in [0, 0.1) is 5.92 Å². The SMILES string of the molecule is CC(C)CNC(=O)CCNC1CCCN(C)CC1.